The maximum absolute atomic E-state index is 3.54. The number of hydrogen-bond donors (Lipinski definition) is 1. The van der Waals surface area contributed by atoms with Gasteiger partial charge < -0.3 is 5.32 Å². The normalized spacial score (nSPS) is 21.1. The van der Waals surface area contributed by atoms with E-state index in [2.05, 4.69) is 51.2 Å². The second-order valence-electron chi connectivity index (χ2n) is 3.59. The largest absolute Gasteiger partial charge is 0.384 e. The van der Waals surface area contributed by atoms with Gasteiger partial charge in [-0.15, -0.1) is 0 Å². The number of anilines is 1. The number of nitrogens with one attached hydrogen (secondary N) is 1. The molecule has 1 fully saturated rings. The Morgan fingerprint density at radius 2 is 2.29 bits per heavy atom. The summed E-state index contributed by atoms with van der Waals surface area (Å²) in [5.41, 5.74) is 1.21. The predicted octanol–water partition coefficient (Wildman–Crippen LogP) is 3.61. The molecule has 14 heavy (non-hydrogen) atoms. The fourth-order valence-corrected chi connectivity index (χ4v) is 3.31. The van der Waals surface area contributed by atoms with E-state index < -0.39 is 0 Å². The van der Waals surface area contributed by atoms with Crippen LogP contribution in [-0.2, 0) is 0 Å². The first-order valence-electron chi connectivity index (χ1n) is 4.92. The highest BCUT2D eigenvalue weighted by atomic mass is 79.9. The van der Waals surface area contributed by atoms with Gasteiger partial charge in [-0.2, -0.15) is 11.8 Å². The van der Waals surface area contributed by atoms with Crippen LogP contribution in [0.5, 0.6) is 0 Å². The van der Waals surface area contributed by atoms with E-state index in [1.54, 1.807) is 0 Å². The first-order valence-corrected chi connectivity index (χ1v) is 6.87. The van der Waals surface area contributed by atoms with Crippen LogP contribution >= 0.6 is 27.7 Å². The van der Waals surface area contributed by atoms with Crippen LogP contribution in [0.1, 0.15) is 6.42 Å². The Bertz CT molecular complexity index is 297. The number of para-hydroxylation sites is 1. The van der Waals surface area contributed by atoms with Crippen molar-refractivity contribution in [3.05, 3.63) is 28.7 Å². The Morgan fingerprint density at radius 3 is 3.00 bits per heavy atom. The molecule has 0 aromatic heterocycles. The molecule has 0 aliphatic carbocycles. The van der Waals surface area contributed by atoms with Crippen molar-refractivity contribution in [2.75, 3.05) is 23.4 Å². The highest BCUT2D eigenvalue weighted by Crippen LogP contribution is 2.26. The molecule has 76 valence electrons. The molecule has 1 nitrogen and oxygen atoms in total. The van der Waals surface area contributed by atoms with E-state index in [4.69, 9.17) is 0 Å². The van der Waals surface area contributed by atoms with E-state index in [1.807, 2.05) is 6.07 Å². The fraction of sp³-hybridized carbons (Fsp3) is 0.455. The average Bonchev–Trinajstić information content (AvgIpc) is 2.69. The molecule has 1 aliphatic rings. The molecular formula is C11H14BrNS. The van der Waals surface area contributed by atoms with Crippen molar-refractivity contribution in [1.29, 1.82) is 0 Å². The lowest BCUT2D eigenvalue weighted by atomic mass is 10.1. The van der Waals surface area contributed by atoms with Gasteiger partial charge in [0.25, 0.3) is 0 Å². The molecule has 0 bridgehead atoms. The van der Waals surface area contributed by atoms with Crippen LogP contribution in [-0.4, -0.2) is 18.1 Å². The first-order chi connectivity index (χ1) is 6.86. The Morgan fingerprint density at radius 1 is 1.43 bits per heavy atom. The van der Waals surface area contributed by atoms with Crippen molar-refractivity contribution in [2.24, 2.45) is 5.92 Å². The standard InChI is InChI=1S/C11H14BrNS/c12-10-3-1-2-4-11(10)13-7-9-5-6-14-8-9/h1-4,9,13H,5-8H2. The predicted molar refractivity (Wildman–Crippen MR) is 68.1 cm³/mol. The molecule has 1 aliphatic heterocycles. The second kappa shape index (κ2) is 5.08. The minimum Gasteiger partial charge on any atom is -0.384 e. The third kappa shape index (κ3) is 2.67. The van der Waals surface area contributed by atoms with Crippen LogP contribution in [0.25, 0.3) is 0 Å². The molecule has 0 radical (unpaired) electrons. The van der Waals surface area contributed by atoms with Crippen molar-refractivity contribution >= 4 is 33.4 Å². The summed E-state index contributed by atoms with van der Waals surface area (Å²) in [5, 5.41) is 3.49. The molecule has 1 aromatic carbocycles. The second-order valence-corrected chi connectivity index (χ2v) is 5.59. The summed E-state index contributed by atoms with van der Waals surface area (Å²) in [4.78, 5) is 0. The van der Waals surface area contributed by atoms with Gasteiger partial charge in [0.15, 0.2) is 0 Å². The van der Waals surface area contributed by atoms with E-state index >= 15 is 0 Å². The van der Waals surface area contributed by atoms with Gasteiger partial charge in [0.2, 0.25) is 0 Å². The number of halogens is 1. The van der Waals surface area contributed by atoms with Crippen LogP contribution in [0, 0.1) is 5.92 Å². The van der Waals surface area contributed by atoms with Gasteiger partial charge in [-0.05, 0) is 51.9 Å². The van der Waals surface area contributed by atoms with Gasteiger partial charge in [0, 0.05) is 16.7 Å². The molecule has 0 spiro atoms. The van der Waals surface area contributed by atoms with Gasteiger partial charge >= 0.3 is 0 Å². The molecule has 0 amide bonds. The average molecular weight is 272 g/mol. The molecule has 2 rings (SSSR count). The summed E-state index contributed by atoms with van der Waals surface area (Å²) >= 11 is 5.61. The topological polar surface area (TPSA) is 12.0 Å². The van der Waals surface area contributed by atoms with E-state index in [0.29, 0.717) is 0 Å². The van der Waals surface area contributed by atoms with Crippen molar-refractivity contribution < 1.29 is 0 Å². The number of rotatable bonds is 3. The van der Waals surface area contributed by atoms with Gasteiger partial charge in [0.1, 0.15) is 0 Å². The smallest absolute Gasteiger partial charge is 0.0484 e. The zero-order valence-electron chi connectivity index (χ0n) is 8.00. The molecular weight excluding hydrogens is 258 g/mol. The van der Waals surface area contributed by atoms with E-state index in [0.717, 1.165) is 16.9 Å². The quantitative estimate of drug-likeness (QED) is 0.902. The minimum atomic E-state index is 0.854. The maximum atomic E-state index is 3.54. The van der Waals surface area contributed by atoms with Gasteiger partial charge in [-0.3, -0.25) is 0 Å². The van der Waals surface area contributed by atoms with Gasteiger partial charge in [0.05, 0.1) is 0 Å². The summed E-state index contributed by atoms with van der Waals surface area (Å²) < 4.78 is 1.16. The monoisotopic (exact) mass is 271 g/mol. The number of thioether (sulfide) groups is 1. The zero-order chi connectivity index (χ0) is 9.80. The fourth-order valence-electron chi connectivity index (χ4n) is 1.60. The Balaban J connectivity index is 1.88. The van der Waals surface area contributed by atoms with Crippen LogP contribution < -0.4 is 5.32 Å². The van der Waals surface area contributed by atoms with E-state index in [-0.39, 0.29) is 0 Å². The number of benzene rings is 1. The van der Waals surface area contributed by atoms with Crippen molar-refractivity contribution in [1.82, 2.24) is 0 Å². The van der Waals surface area contributed by atoms with Crippen molar-refractivity contribution in [3.8, 4) is 0 Å². The number of hydrogen-bond acceptors (Lipinski definition) is 2. The maximum Gasteiger partial charge on any atom is 0.0484 e. The first kappa shape index (κ1) is 10.4. The third-order valence-corrected chi connectivity index (χ3v) is 4.40. The molecule has 3 heteroatoms. The highest BCUT2D eigenvalue weighted by molar-refractivity contribution is 9.10. The van der Waals surface area contributed by atoms with Gasteiger partial charge in [-0.25, -0.2) is 0 Å². The third-order valence-electron chi connectivity index (χ3n) is 2.48. The van der Waals surface area contributed by atoms with E-state index in [1.165, 1.54) is 23.6 Å². The Kier molecular flexibility index (Phi) is 3.76. The van der Waals surface area contributed by atoms with Gasteiger partial charge in [-0.1, -0.05) is 12.1 Å². The van der Waals surface area contributed by atoms with E-state index in [9.17, 15) is 0 Å². The molecule has 1 atom stereocenters. The van der Waals surface area contributed by atoms with Crippen molar-refractivity contribution in [2.45, 2.75) is 6.42 Å². The summed E-state index contributed by atoms with van der Waals surface area (Å²) in [7, 11) is 0. The van der Waals surface area contributed by atoms with Crippen LogP contribution in [0.3, 0.4) is 0 Å². The van der Waals surface area contributed by atoms with Crippen molar-refractivity contribution in [3.63, 3.8) is 0 Å². The lowest BCUT2D eigenvalue weighted by Gasteiger charge is -2.12. The molecule has 1 aromatic rings. The van der Waals surface area contributed by atoms with Crippen LogP contribution in [0.4, 0.5) is 5.69 Å². The summed E-state index contributed by atoms with van der Waals surface area (Å²) in [5.74, 6) is 3.51. The SMILES string of the molecule is Brc1ccccc1NCC1CCSC1. The lowest BCUT2D eigenvalue weighted by Crippen LogP contribution is -2.13. The van der Waals surface area contributed by atoms with Crippen LogP contribution in [0.2, 0.25) is 0 Å². The molecule has 1 saturated heterocycles. The Hall–Kier alpha value is -0.150. The summed E-state index contributed by atoms with van der Waals surface area (Å²) in [6, 6.07) is 8.30. The minimum absolute atomic E-state index is 0.854. The molecule has 1 heterocycles. The zero-order valence-corrected chi connectivity index (χ0v) is 10.4. The summed E-state index contributed by atoms with van der Waals surface area (Å²) in [6.45, 7) is 1.11. The lowest BCUT2D eigenvalue weighted by molar-refractivity contribution is 0.631. The molecule has 0 saturated carbocycles. The summed E-state index contributed by atoms with van der Waals surface area (Å²) in [6.07, 6.45) is 1.36. The molecule has 1 N–H and O–H groups in total. The highest BCUT2D eigenvalue weighted by Gasteiger charge is 2.14. The Labute approximate surface area is 97.8 Å². The van der Waals surface area contributed by atoms with Crippen LogP contribution in [0.15, 0.2) is 28.7 Å². The molecule has 1 unspecified atom stereocenters.